The average molecular weight is 372 g/mol. The third kappa shape index (κ3) is 4.71. The predicted octanol–water partition coefficient (Wildman–Crippen LogP) is -0.0726. The fourth-order valence-corrected chi connectivity index (χ4v) is 1.88. The molecule has 1 N–H and O–H groups in total. The molecule has 0 aromatic carbocycles. The molecule has 0 spiro atoms. The van der Waals surface area contributed by atoms with Crippen molar-refractivity contribution >= 4 is 23.8 Å². The van der Waals surface area contributed by atoms with Crippen molar-refractivity contribution in [2.75, 3.05) is 27.4 Å². The van der Waals surface area contributed by atoms with Gasteiger partial charge in [-0.05, 0) is 13.8 Å². The van der Waals surface area contributed by atoms with Crippen LogP contribution in [0.5, 0.6) is 5.95 Å². The van der Waals surface area contributed by atoms with E-state index in [2.05, 4.69) is 15.0 Å². The highest BCUT2D eigenvalue weighted by Crippen LogP contribution is 2.31. The molecule has 11 nitrogen and oxygen atoms in total. The Morgan fingerprint density at radius 1 is 1.23 bits per heavy atom. The Morgan fingerprint density at radius 3 is 2.38 bits per heavy atom. The second kappa shape index (κ2) is 8.83. The zero-order valence-electron chi connectivity index (χ0n) is 15.0. The molecule has 0 saturated carbocycles. The quantitative estimate of drug-likeness (QED) is 0.486. The van der Waals surface area contributed by atoms with Gasteiger partial charge in [0.1, 0.15) is 6.54 Å². The van der Waals surface area contributed by atoms with E-state index in [1.807, 2.05) is 0 Å². The fourth-order valence-electron chi connectivity index (χ4n) is 1.88. The Hall–Kier alpha value is -3.11. The first-order valence-corrected chi connectivity index (χ1v) is 7.46. The lowest BCUT2D eigenvalue weighted by Gasteiger charge is -2.24. The number of methoxy groups -OCH3 is 2. The highest BCUT2D eigenvalue weighted by molar-refractivity contribution is 5.92. The van der Waals surface area contributed by atoms with Crippen LogP contribution in [0.15, 0.2) is 4.42 Å². The number of nitrogens with one attached hydrogen (secondary N) is 1. The SMILES string of the molecule is CCOC(=O)CNC(=O)C(C)(OC(C)=O)c1nc(C(=O)OC)c(OC)o1. The van der Waals surface area contributed by atoms with Crippen molar-refractivity contribution in [1.82, 2.24) is 10.3 Å². The number of hydrogen-bond donors (Lipinski definition) is 1. The van der Waals surface area contributed by atoms with Crippen molar-refractivity contribution in [3.8, 4) is 5.95 Å². The van der Waals surface area contributed by atoms with Gasteiger partial charge in [-0.25, -0.2) is 4.79 Å². The number of aromatic nitrogens is 1. The van der Waals surface area contributed by atoms with E-state index in [9.17, 15) is 19.2 Å². The molecule has 0 bridgehead atoms. The van der Waals surface area contributed by atoms with E-state index >= 15 is 0 Å². The number of amides is 1. The van der Waals surface area contributed by atoms with Gasteiger partial charge in [0.25, 0.3) is 17.4 Å². The van der Waals surface area contributed by atoms with E-state index in [1.165, 1.54) is 14.0 Å². The molecule has 144 valence electrons. The van der Waals surface area contributed by atoms with Gasteiger partial charge in [-0.1, -0.05) is 0 Å². The van der Waals surface area contributed by atoms with Crippen molar-refractivity contribution in [1.29, 1.82) is 0 Å². The number of carbonyl (C=O) groups excluding carboxylic acids is 4. The summed E-state index contributed by atoms with van der Waals surface area (Å²) in [6.45, 7) is 3.52. The molecule has 1 amide bonds. The van der Waals surface area contributed by atoms with Crippen LogP contribution in [0.25, 0.3) is 0 Å². The standard InChI is InChI=1S/C15H20N2O9/c1-6-24-9(19)7-16-13(21)15(3,26-8(2)18)14-17-10(11(20)22-4)12(23-5)25-14/h6-7H2,1-5H3,(H,16,21). The molecule has 0 saturated heterocycles. The summed E-state index contributed by atoms with van der Waals surface area (Å²) in [7, 11) is 2.33. The number of hydrogen-bond acceptors (Lipinski definition) is 10. The van der Waals surface area contributed by atoms with Gasteiger partial charge in [0.05, 0.1) is 20.8 Å². The molecule has 11 heteroatoms. The number of ether oxygens (including phenoxy) is 4. The topological polar surface area (TPSA) is 143 Å². The average Bonchev–Trinajstić information content (AvgIpc) is 3.03. The van der Waals surface area contributed by atoms with Gasteiger partial charge < -0.3 is 28.7 Å². The Kier molecular flexibility index (Phi) is 7.11. The van der Waals surface area contributed by atoms with Crippen LogP contribution in [0, 0.1) is 0 Å². The summed E-state index contributed by atoms with van der Waals surface area (Å²) in [5, 5.41) is 2.25. The zero-order valence-corrected chi connectivity index (χ0v) is 15.0. The van der Waals surface area contributed by atoms with Crippen molar-refractivity contribution < 1.29 is 42.5 Å². The molecule has 1 aromatic rings. The summed E-state index contributed by atoms with van der Waals surface area (Å²) in [6.07, 6.45) is 0. The minimum Gasteiger partial charge on any atom is -0.467 e. The molecule has 1 unspecified atom stereocenters. The predicted molar refractivity (Wildman–Crippen MR) is 83.2 cm³/mol. The first-order chi connectivity index (χ1) is 12.2. The highest BCUT2D eigenvalue weighted by Gasteiger charge is 2.45. The van der Waals surface area contributed by atoms with E-state index in [-0.39, 0.29) is 18.2 Å². The maximum atomic E-state index is 12.5. The van der Waals surface area contributed by atoms with Crippen molar-refractivity contribution in [2.24, 2.45) is 0 Å². The van der Waals surface area contributed by atoms with Gasteiger partial charge in [0, 0.05) is 6.92 Å². The monoisotopic (exact) mass is 372 g/mol. The molecular formula is C15H20N2O9. The fraction of sp³-hybridized carbons (Fsp3) is 0.533. The summed E-state index contributed by atoms with van der Waals surface area (Å²) in [4.78, 5) is 50.9. The van der Waals surface area contributed by atoms with Gasteiger partial charge in [-0.3, -0.25) is 14.4 Å². The Labute approximate surface area is 148 Å². The smallest absolute Gasteiger partial charge is 0.364 e. The molecule has 0 aliphatic heterocycles. The number of oxazole rings is 1. The minimum absolute atomic E-state index is 0.134. The van der Waals surface area contributed by atoms with Gasteiger partial charge in [0.2, 0.25) is 5.69 Å². The number of carbonyl (C=O) groups is 4. The van der Waals surface area contributed by atoms with Crippen molar-refractivity contribution in [3.63, 3.8) is 0 Å². The Balaban J connectivity index is 3.21. The second-order valence-electron chi connectivity index (χ2n) is 4.97. The third-order valence-electron chi connectivity index (χ3n) is 3.05. The van der Waals surface area contributed by atoms with E-state index in [0.717, 1.165) is 14.0 Å². The molecule has 1 atom stereocenters. The lowest BCUT2D eigenvalue weighted by atomic mass is 10.1. The molecule has 1 aromatic heterocycles. The third-order valence-corrected chi connectivity index (χ3v) is 3.05. The lowest BCUT2D eigenvalue weighted by Crippen LogP contribution is -2.47. The van der Waals surface area contributed by atoms with Crippen LogP contribution in [-0.4, -0.2) is 56.2 Å². The molecule has 0 fully saturated rings. The molecule has 26 heavy (non-hydrogen) atoms. The molecule has 0 radical (unpaired) electrons. The van der Waals surface area contributed by atoms with Gasteiger partial charge in [0.15, 0.2) is 0 Å². The number of rotatable bonds is 8. The normalized spacial score (nSPS) is 12.5. The van der Waals surface area contributed by atoms with Crippen LogP contribution < -0.4 is 10.1 Å². The van der Waals surface area contributed by atoms with Crippen LogP contribution in [0.2, 0.25) is 0 Å². The Bertz CT molecular complexity index is 697. The molecular weight excluding hydrogens is 352 g/mol. The van der Waals surface area contributed by atoms with Crippen molar-refractivity contribution in [2.45, 2.75) is 26.4 Å². The van der Waals surface area contributed by atoms with Crippen LogP contribution in [0.1, 0.15) is 37.2 Å². The van der Waals surface area contributed by atoms with E-state index in [1.54, 1.807) is 6.92 Å². The Morgan fingerprint density at radius 2 is 1.88 bits per heavy atom. The summed E-state index contributed by atoms with van der Waals surface area (Å²) in [5.74, 6) is -4.08. The van der Waals surface area contributed by atoms with Crippen LogP contribution >= 0.6 is 0 Å². The van der Waals surface area contributed by atoms with Crippen LogP contribution in [0.4, 0.5) is 0 Å². The summed E-state index contributed by atoms with van der Waals surface area (Å²) < 4.78 is 24.4. The first-order valence-electron chi connectivity index (χ1n) is 7.46. The highest BCUT2D eigenvalue weighted by atomic mass is 16.6. The zero-order chi connectivity index (χ0) is 19.9. The molecule has 0 aliphatic carbocycles. The van der Waals surface area contributed by atoms with Gasteiger partial charge >= 0.3 is 23.9 Å². The largest absolute Gasteiger partial charge is 0.467 e. The molecule has 1 rings (SSSR count). The lowest BCUT2D eigenvalue weighted by molar-refractivity contribution is -0.169. The number of nitrogens with zero attached hydrogens (tertiary/aromatic N) is 1. The van der Waals surface area contributed by atoms with E-state index < -0.39 is 41.9 Å². The second-order valence-corrected chi connectivity index (χ2v) is 4.97. The van der Waals surface area contributed by atoms with Gasteiger partial charge in [-0.2, -0.15) is 4.98 Å². The summed E-state index contributed by atoms with van der Waals surface area (Å²) >= 11 is 0. The summed E-state index contributed by atoms with van der Waals surface area (Å²) in [5.41, 5.74) is -2.42. The maximum Gasteiger partial charge on any atom is 0.364 e. The van der Waals surface area contributed by atoms with Crippen LogP contribution in [-0.2, 0) is 34.2 Å². The molecule has 0 aliphatic rings. The van der Waals surface area contributed by atoms with Crippen molar-refractivity contribution in [3.05, 3.63) is 11.6 Å². The maximum absolute atomic E-state index is 12.5. The van der Waals surface area contributed by atoms with E-state index in [4.69, 9.17) is 18.6 Å². The van der Waals surface area contributed by atoms with E-state index in [0.29, 0.717) is 0 Å². The first kappa shape index (κ1) is 20.9. The van der Waals surface area contributed by atoms with Gasteiger partial charge in [-0.15, -0.1) is 0 Å². The molecule has 1 heterocycles. The van der Waals surface area contributed by atoms with Crippen LogP contribution in [0.3, 0.4) is 0 Å². The number of esters is 3. The minimum atomic E-state index is -2.07. The summed E-state index contributed by atoms with van der Waals surface area (Å²) in [6, 6.07) is 0.